The first-order valence-electron chi connectivity index (χ1n) is 16.9. The summed E-state index contributed by atoms with van der Waals surface area (Å²) in [6.07, 6.45) is 14.1. The van der Waals surface area contributed by atoms with Gasteiger partial charge in [-0.05, 0) is 123 Å². The van der Waals surface area contributed by atoms with Crippen molar-refractivity contribution < 1.29 is 19.1 Å². The normalized spacial score (nSPS) is 51.4. The summed E-state index contributed by atoms with van der Waals surface area (Å²) in [6, 6.07) is 0.665. The first-order chi connectivity index (χ1) is 19.0. The van der Waals surface area contributed by atoms with Crippen LogP contribution in [0.4, 0.5) is 0 Å². The van der Waals surface area contributed by atoms with Gasteiger partial charge in [0.15, 0.2) is 0 Å². The Morgan fingerprint density at radius 3 is 1.49 bits per heavy atom. The van der Waals surface area contributed by atoms with Gasteiger partial charge < -0.3 is 14.4 Å². The van der Waals surface area contributed by atoms with Crippen LogP contribution in [0.5, 0.6) is 0 Å². The summed E-state index contributed by atoms with van der Waals surface area (Å²) in [6.45, 7) is 6.89. The molecule has 218 valence electrons. The summed E-state index contributed by atoms with van der Waals surface area (Å²) in [4.78, 5) is 30.8. The van der Waals surface area contributed by atoms with Crippen LogP contribution in [0.15, 0.2) is 0 Å². The molecule has 0 N–H and O–H groups in total. The average molecular weight is 540 g/mol. The van der Waals surface area contributed by atoms with Crippen LogP contribution in [0.3, 0.4) is 0 Å². The van der Waals surface area contributed by atoms with Gasteiger partial charge in [-0.2, -0.15) is 0 Å². The topological polar surface area (TPSA) is 55.8 Å². The number of hydrogen-bond acceptors (Lipinski definition) is 5. The molecule has 0 aliphatic heterocycles. The van der Waals surface area contributed by atoms with Crippen LogP contribution in [0, 0.1) is 82.9 Å². The molecule has 0 heterocycles. The summed E-state index contributed by atoms with van der Waals surface area (Å²) < 4.78 is 11.5. The van der Waals surface area contributed by atoms with Crippen LogP contribution in [0.1, 0.15) is 84.5 Å². The van der Waals surface area contributed by atoms with Gasteiger partial charge >= 0.3 is 11.9 Å². The predicted molar refractivity (Wildman–Crippen MR) is 150 cm³/mol. The first kappa shape index (κ1) is 26.8. The van der Waals surface area contributed by atoms with E-state index in [-0.39, 0.29) is 23.8 Å². The second-order valence-electron chi connectivity index (χ2n) is 14.8. The summed E-state index contributed by atoms with van der Waals surface area (Å²) in [7, 11) is 3.26. The van der Waals surface area contributed by atoms with Gasteiger partial charge in [0.2, 0.25) is 0 Å². The number of carbonyl (C=O) groups excluding carboxylic acids is 2. The third-order valence-electron chi connectivity index (χ3n) is 14.4. The van der Waals surface area contributed by atoms with Crippen molar-refractivity contribution in [3.8, 4) is 0 Å². The lowest BCUT2D eigenvalue weighted by Crippen LogP contribution is -2.53. The number of fused-ring (bicyclic) bond motifs is 6. The molecule has 5 heteroatoms. The Morgan fingerprint density at radius 2 is 1.00 bits per heavy atom. The highest BCUT2D eigenvalue weighted by Gasteiger charge is 2.72. The molecule has 7 saturated carbocycles. The van der Waals surface area contributed by atoms with Crippen molar-refractivity contribution in [3.05, 3.63) is 0 Å². The van der Waals surface area contributed by atoms with E-state index in [1.54, 1.807) is 14.2 Å². The maximum absolute atomic E-state index is 14.1. The number of rotatable bonds is 5. The van der Waals surface area contributed by atoms with Crippen LogP contribution >= 0.6 is 0 Å². The largest absolute Gasteiger partial charge is 0.469 e. The lowest BCUT2D eigenvalue weighted by Gasteiger charge is -2.50. The monoisotopic (exact) mass is 539 g/mol. The second-order valence-corrected chi connectivity index (χ2v) is 14.8. The number of nitrogens with zero attached hydrogens (tertiary/aromatic N) is 1. The minimum Gasteiger partial charge on any atom is -0.469 e. The highest BCUT2D eigenvalue weighted by molar-refractivity contribution is 5.77. The van der Waals surface area contributed by atoms with Gasteiger partial charge in [-0.15, -0.1) is 0 Å². The van der Waals surface area contributed by atoms with Crippen molar-refractivity contribution in [2.24, 2.45) is 82.9 Å². The van der Waals surface area contributed by atoms with E-state index in [4.69, 9.17) is 9.47 Å². The molecule has 0 bridgehead atoms. The second kappa shape index (κ2) is 10.3. The Kier molecular flexibility index (Phi) is 7.08. The zero-order chi connectivity index (χ0) is 27.0. The molecule has 0 saturated heterocycles. The summed E-state index contributed by atoms with van der Waals surface area (Å²) in [5, 5.41) is 0. The van der Waals surface area contributed by atoms with Crippen molar-refractivity contribution in [1.82, 2.24) is 4.90 Å². The first-order valence-corrected chi connectivity index (χ1v) is 16.9. The van der Waals surface area contributed by atoms with Gasteiger partial charge in [-0.1, -0.05) is 46.0 Å². The van der Waals surface area contributed by atoms with E-state index < -0.39 is 0 Å². The van der Waals surface area contributed by atoms with Crippen LogP contribution < -0.4 is 0 Å². The Balaban J connectivity index is 1.35. The molecule has 15 atom stereocenters. The Labute approximate surface area is 236 Å². The van der Waals surface area contributed by atoms with E-state index in [0.717, 1.165) is 19.0 Å². The van der Waals surface area contributed by atoms with Crippen molar-refractivity contribution >= 4 is 11.9 Å². The minimum absolute atomic E-state index is 0.0125. The quantitative estimate of drug-likeness (QED) is 0.398. The molecule has 0 aromatic heterocycles. The molecule has 0 radical (unpaired) electrons. The van der Waals surface area contributed by atoms with Crippen molar-refractivity contribution in [2.45, 2.75) is 90.5 Å². The molecule has 7 aliphatic carbocycles. The highest BCUT2D eigenvalue weighted by atomic mass is 16.5. The van der Waals surface area contributed by atoms with Gasteiger partial charge in [0.25, 0.3) is 0 Å². The number of carbonyl (C=O) groups is 2. The molecule has 0 amide bonds. The summed E-state index contributed by atoms with van der Waals surface area (Å²) in [5.41, 5.74) is 0. The van der Waals surface area contributed by atoms with Crippen molar-refractivity contribution in [1.29, 1.82) is 0 Å². The van der Waals surface area contributed by atoms with Crippen molar-refractivity contribution in [3.63, 3.8) is 0 Å². The average Bonchev–Trinajstić information content (AvgIpc) is 3.48. The maximum atomic E-state index is 14.1. The highest BCUT2D eigenvalue weighted by Crippen LogP contribution is 2.73. The van der Waals surface area contributed by atoms with Gasteiger partial charge in [0.05, 0.1) is 26.1 Å². The molecule has 7 rings (SSSR count). The molecular weight excluding hydrogens is 486 g/mol. The van der Waals surface area contributed by atoms with Gasteiger partial charge in [0.1, 0.15) is 0 Å². The summed E-state index contributed by atoms with van der Waals surface area (Å²) >= 11 is 0. The Bertz CT molecular complexity index is 895. The zero-order valence-electron chi connectivity index (χ0n) is 24.9. The molecule has 7 aliphatic rings. The molecule has 7 fully saturated rings. The summed E-state index contributed by atoms with van der Waals surface area (Å²) in [5.74, 6) is 6.56. The number of ether oxygens (including phenoxy) is 2. The van der Waals surface area contributed by atoms with E-state index in [9.17, 15) is 9.59 Å². The molecule has 39 heavy (non-hydrogen) atoms. The molecule has 0 aromatic carbocycles. The third kappa shape index (κ3) is 3.72. The number of esters is 2. The maximum Gasteiger partial charge on any atom is 0.309 e. The van der Waals surface area contributed by atoms with E-state index in [2.05, 4.69) is 18.7 Å². The fraction of sp³-hybridized carbons (Fsp3) is 0.941. The molecule has 15 unspecified atom stereocenters. The van der Waals surface area contributed by atoms with Gasteiger partial charge in [-0.25, -0.2) is 0 Å². The minimum atomic E-state index is -0.0125. The standard InChI is InChI=1S/C34H53NO4/c1-5-35(6-2)24-17-16-23-26-19(24)12-9-15-22(26)29-30(23)32(34(37)39-4)28-21-14-8-11-18-10-7-13-20(25(18)21)27(28)31(29)33(36)38-3/h18-32H,5-17H2,1-4H3. The lowest BCUT2D eigenvalue weighted by molar-refractivity contribution is -0.172. The van der Waals surface area contributed by atoms with Crippen LogP contribution in [-0.2, 0) is 19.1 Å². The van der Waals surface area contributed by atoms with Crippen LogP contribution in [0.2, 0.25) is 0 Å². The van der Waals surface area contributed by atoms with Crippen molar-refractivity contribution in [2.75, 3.05) is 27.3 Å². The van der Waals surface area contributed by atoms with Crippen LogP contribution in [-0.4, -0.2) is 50.2 Å². The Hall–Kier alpha value is -1.10. The number of hydrogen-bond donors (Lipinski definition) is 0. The lowest BCUT2D eigenvalue weighted by atomic mass is 9.53. The van der Waals surface area contributed by atoms with E-state index in [1.165, 1.54) is 70.6 Å². The van der Waals surface area contributed by atoms with Gasteiger partial charge in [0, 0.05) is 6.04 Å². The fourth-order valence-electron chi connectivity index (χ4n) is 13.8. The van der Waals surface area contributed by atoms with E-state index in [1.807, 2.05) is 0 Å². The molecule has 5 nitrogen and oxygen atoms in total. The Morgan fingerprint density at radius 1 is 0.564 bits per heavy atom. The molecule has 0 spiro atoms. The third-order valence-corrected chi connectivity index (χ3v) is 14.4. The number of methoxy groups -OCH3 is 2. The van der Waals surface area contributed by atoms with Crippen LogP contribution in [0.25, 0.3) is 0 Å². The van der Waals surface area contributed by atoms with Gasteiger partial charge in [-0.3, -0.25) is 9.59 Å². The molecular formula is C34H53NO4. The van der Waals surface area contributed by atoms with E-state index >= 15 is 0 Å². The SMILES string of the molecule is CCN(CC)C1CCC2C3C(CCCC31)C1C(C(=O)OC)C3C4CCCC5CCCC(C54)C3C(C(=O)OC)C21. The van der Waals surface area contributed by atoms with E-state index in [0.29, 0.717) is 71.1 Å². The molecule has 0 aromatic rings. The smallest absolute Gasteiger partial charge is 0.309 e. The fourth-order valence-corrected chi connectivity index (χ4v) is 13.8. The zero-order valence-corrected chi connectivity index (χ0v) is 24.9. The predicted octanol–water partition coefficient (Wildman–Crippen LogP) is 6.06.